The number of hydrogen-bond donors (Lipinski definition) is 1. The van der Waals surface area contributed by atoms with Crippen LogP contribution in [-0.2, 0) is 13.0 Å². The maximum atomic E-state index is 3.20. The van der Waals surface area contributed by atoms with E-state index in [1.807, 2.05) is 7.05 Å². The molecule has 19 heavy (non-hydrogen) atoms. The molecule has 0 aliphatic carbocycles. The van der Waals surface area contributed by atoms with Gasteiger partial charge in [0.25, 0.3) is 0 Å². The van der Waals surface area contributed by atoms with E-state index in [9.17, 15) is 0 Å². The zero-order valence-corrected chi connectivity index (χ0v) is 12.2. The van der Waals surface area contributed by atoms with Gasteiger partial charge >= 0.3 is 0 Å². The number of hydrogen-bond acceptors (Lipinski definition) is 1. The van der Waals surface area contributed by atoms with Gasteiger partial charge in [-0.3, -0.25) is 0 Å². The Kier molecular flexibility index (Phi) is 4.75. The van der Waals surface area contributed by atoms with E-state index in [1.165, 1.54) is 34.2 Å². The zero-order chi connectivity index (χ0) is 13.7. The van der Waals surface area contributed by atoms with E-state index in [1.54, 1.807) is 0 Å². The smallest absolute Gasteiger partial charge is 0.0202 e. The van der Waals surface area contributed by atoms with Crippen LogP contribution in [0.2, 0.25) is 0 Å². The minimum Gasteiger partial charge on any atom is -0.316 e. The van der Waals surface area contributed by atoms with Crippen LogP contribution >= 0.6 is 0 Å². The molecular weight excluding hydrogens is 230 g/mol. The minimum atomic E-state index is 0.928. The van der Waals surface area contributed by atoms with Crippen molar-refractivity contribution >= 4 is 0 Å². The second-order valence-electron chi connectivity index (χ2n) is 5.13. The third-order valence-electron chi connectivity index (χ3n) is 3.45. The summed E-state index contributed by atoms with van der Waals surface area (Å²) in [5, 5.41) is 3.20. The SMILES string of the molecule is CCCc1cccc(-c2ccc(CNC)cc2C)c1. The van der Waals surface area contributed by atoms with Crippen molar-refractivity contribution < 1.29 is 0 Å². The molecule has 1 nitrogen and oxygen atoms in total. The normalized spacial score (nSPS) is 10.7. The summed E-state index contributed by atoms with van der Waals surface area (Å²) in [5.41, 5.74) is 6.80. The summed E-state index contributed by atoms with van der Waals surface area (Å²) in [4.78, 5) is 0. The van der Waals surface area contributed by atoms with E-state index in [-0.39, 0.29) is 0 Å². The number of nitrogens with one attached hydrogen (secondary N) is 1. The van der Waals surface area contributed by atoms with Crippen molar-refractivity contribution in [3.8, 4) is 11.1 Å². The summed E-state index contributed by atoms with van der Waals surface area (Å²) in [6, 6.07) is 15.7. The highest BCUT2D eigenvalue weighted by molar-refractivity contribution is 5.68. The number of rotatable bonds is 5. The minimum absolute atomic E-state index is 0.928. The molecule has 2 aromatic rings. The molecule has 0 spiro atoms. The van der Waals surface area contributed by atoms with Gasteiger partial charge in [0, 0.05) is 6.54 Å². The third kappa shape index (κ3) is 3.45. The summed E-state index contributed by atoms with van der Waals surface area (Å²) in [6.07, 6.45) is 2.36. The van der Waals surface area contributed by atoms with Crippen LogP contribution in [0.3, 0.4) is 0 Å². The lowest BCUT2D eigenvalue weighted by molar-refractivity contribution is 0.817. The van der Waals surface area contributed by atoms with Crippen molar-refractivity contribution in [2.75, 3.05) is 7.05 Å². The van der Waals surface area contributed by atoms with E-state index < -0.39 is 0 Å². The quantitative estimate of drug-likeness (QED) is 0.836. The molecule has 0 unspecified atom stereocenters. The predicted molar refractivity (Wildman–Crippen MR) is 83.4 cm³/mol. The average molecular weight is 253 g/mol. The zero-order valence-electron chi connectivity index (χ0n) is 12.2. The Bertz CT molecular complexity index is 543. The van der Waals surface area contributed by atoms with E-state index >= 15 is 0 Å². The van der Waals surface area contributed by atoms with E-state index in [4.69, 9.17) is 0 Å². The molecule has 0 bridgehead atoms. The fourth-order valence-corrected chi connectivity index (χ4v) is 2.55. The molecular formula is C18H23N. The molecule has 0 amide bonds. The van der Waals surface area contributed by atoms with Crippen LogP contribution in [0.5, 0.6) is 0 Å². The molecule has 0 aliphatic rings. The summed E-state index contributed by atoms with van der Waals surface area (Å²) in [6.45, 7) is 5.35. The second kappa shape index (κ2) is 6.53. The van der Waals surface area contributed by atoms with Crippen LogP contribution in [-0.4, -0.2) is 7.05 Å². The van der Waals surface area contributed by atoms with Gasteiger partial charge in [0.1, 0.15) is 0 Å². The van der Waals surface area contributed by atoms with E-state index in [0.29, 0.717) is 0 Å². The molecule has 0 saturated heterocycles. The fourth-order valence-electron chi connectivity index (χ4n) is 2.55. The van der Waals surface area contributed by atoms with Gasteiger partial charge in [0.05, 0.1) is 0 Å². The Morgan fingerprint density at radius 3 is 2.53 bits per heavy atom. The van der Waals surface area contributed by atoms with Crippen LogP contribution in [0.1, 0.15) is 30.0 Å². The first-order chi connectivity index (χ1) is 9.24. The average Bonchev–Trinajstić information content (AvgIpc) is 2.40. The Morgan fingerprint density at radius 1 is 1.00 bits per heavy atom. The molecule has 0 aromatic heterocycles. The maximum Gasteiger partial charge on any atom is 0.0202 e. The molecule has 2 aromatic carbocycles. The van der Waals surface area contributed by atoms with E-state index in [0.717, 1.165) is 13.0 Å². The highest BCUT2D eigenvalue weighted by Crippen LogP contribution is 2.25. The summed E-state index contributed by atoms with van der Waals surface area (Å²) < 4.78 is 0. The first-order valence-corrected chi connectivity index (χ1v) is 7.08. The highest BCUT2D eigenvalue weighted by Gasteiger charge is 2.04. The van der Waals surface area contributed by atoms with Crippen molar-refractivity contribution in [2.24, 2.45) is 0 Å². The van der Waals surface area contributed by atoms with Gasteiger partial charge in [-0.25, -0.2) is 0 Å². The van der Waals surface area contributed by atoms with Crippen LogP contribution in [0.25, 0.3) is 11.1 Å². The highest BCUT2D eigenvalue weighted by atomic mass is 14.8. The fraction of sp³-hybridized carbons (Fsp3) is 0.333. The lowest BCUT2D eigenvalue weighted by atomic mass is 9.96. The standard InChI is InChI=1S/C18H23N/c1-4-6-15-7-5-8-17(12-15)18-10-9-16(13-19-3)11-14(18)2/h5,7-12,19H,4,6,13H2,1-3H3. The number of benzene rings is 2. The van der Waals surface area contributed by atoms with Gasteiger partial charge in [0.15, 0.2) is 0 Å². The Hall–Kier alpha value is -1.60. The molecule has 1 heteroatoms. The number of aryl methyl sites for hydroxylation is 2. The van der Waals surface area contributed by atoms with Gasteiger partial charge in [-0.2, -0.15) is 0 Å². The first kappa shape index (κ1) is 13.8. The molecule has 0 radical (unpaired) electrons. The van der Waals surface area contributed by atoms with Crippen molar-refractivity contribution in [3.63, 3.8) is 0 Å². The molecule has 100 valence electrons. The summed E-state index contributed by atoms with van der Waals surface area (Å²) in [5.74, 6) is 0. The molecule has 2 rings (SSSR count). The molecule has 0 fully saturated rings. The van der Waals surface area contributed by atoms with Crippen molar-refractivity contribution in [3.05, 3.63) is 59.2 Å². The lowest BCUT2D eigenvalue weighted by Crippen LogP contribution is -2.05. The van der Waals surface area contributed by atoms with Crippen molar-refractivity contribution in [1.82, 2.24) is 5.32 Å². The van der Waals surface area contributed by atoms with Gasteiger partial charge in [-0.1, -0.05) is 55.8 Å². The van der Waals surface area contributed by atoms with Gasteiger partial charge < -0.3 is 5.32 Å². The molecule has 0 aliphatic heterocycles. The lowest BCUT2D eigenvalue weighted by Gasteiger charge is -2.10. The Balaban J connectivity index is 2.33. The largest absolute Gasteiger partial charge is 0.316 e. The second-order valence-corrected chi connectivity index (χ2v) is 5.13. The summed E-state index contributed by atoms with van der Waals surface area (Å²) in [7, 11) is 1.98. The van der Waals surface area contributed by atoms with Gasteiger partial charge in [-0.15, -0.1) is 0 Å². The predicted octanol–water partition coefficient (Wildman–Crippen LogP) is 4.33. The maximum absolute atomic E-state index is 3.20. The van der Waals surface area contributed by atoms with E-state index in [2.05, 4.69) is 61.6 Å². The summed E-state index contributed by atoms with van der Waals surface area (Å²) >= 11 is 0. The molecule has 0 heterocycles. The van der Waals surface area contributed by atoms with Gasteiger partial charge in [-0.05, 0) is 48.2 Å². The monoisotopic (exact) mass is 253 g/mol. The Labute approximate surface area is 116 Å². The third-order valence-corrected chi connectivity index (χ3v) is 3.45. The molecule has 1 N–H and O–H groups in total. The molecule has 0 saturated carbocycles. The molecule has 0 atom stereocenters. The van der Waals surface area contributed by atoms with Crippen molar-refractivity contribution in [1.29, 1.82) is 0 Å². The van der Waals surface area contributed by atoms with Gasteiger partial charge in [0.2, 0.25) is 0 Å². The van der Waals surface area contributed by atoms with Crippen LogP contribution in [0, 0.1) is 6.92 Å². The Morgan fingerprint density at radius 2 is 1.84 bits per heavy atom. The van der Waals surface area contributed by atoms with Crippen LogP contribution in [0.4, 0.5) is 0 Å². The van der Waals surface area contributed by atoms with Crippen LogP contribution in [0.15, 0.2) is 42.5 Å². The van der Waals surface area contributed by atoms with Crippen LogP contribution < -0.4 is 5.32 Å². The topological polar surface area (TPSA) is 12.0 Å². The first-order valence-electron chi connectivity index (χ1n) is 7.08. The van der Waals surface area contributed by atoms with Crippen molar-refractivity contribution in [2.45, 2.75) is 33.2 Å².